The van der Waals surface area contributed by atoms with Crippen molar-refractivity contribution in [2.45, 2.75) is 0 Å². The van der Waals surface area contributed by atoms with Gasteiger partial charge in [0.1, 0.15) is 0 Å². The third-order valence-corrected chi connectivity index (χ3v) is 25.1. The average molecular weight is 571 g/mol. The fraction of sp³-hybridized carbons (Fsp3) is 0. The highest BCUT2D eigenvalue weighted by Crippen LogP contribution is 2.33. The van der Waals surface area contributed by atoms with Crippen molar-refractivity contribution in [3.05, 3.63) is 60.7 Å². The van der Waals surface area contributed by atoms with E-state index >= 15 is 0 Å². The molecule has 8 rings (SSSR count). The van der Waals surface area contributed by atoms with Crippen LogP contribution in [0.25, 0.3) is 0 Å². The van der Waals surface area contributed by atoms with Crippen molar-refractivity contribution >= 4 is 85.1 Å². The first-order valence-electron chi connectivity index (χ1n) is 9.22. The third kappa shape index (κ3) is 3.66. The molecule has 2 aromatic carbocycles. The summed E-state index contributed by atoms with van der Waals surface area (Å²) in [5.74, 6) is 0. The number of benzene rings is 2. The zero-order valence-corrected chi connectivity index (χ0v) is 23.7. The number of rotatable bonds is 2. The predicted octanol–water partition coefficient (Wildman–Crippen LogP) is -2.14. The minimum absolute atomic E-state index is 0.681. The molecule has 0 saturated carbocycles. The topological polar surface area (TPSA) is 111 Å². The smallest absolute Gasteiger partial charge is 0.369 e. The molecule has 6 fully saturated rings. The highest BCUT2D eigenvalue weighted by Gasteiger charge is 2.69. The van der Waals surface area contributed by atoms with Crippen LogP contribution < -0.4 is 10.4 Å². The van der Waals surface area contributed by atoms with E-state index in [2.05, 4.69) is 0 Å². The quantitative estimate of drug-likeness (QED) is 0.367. The molecule has 0 amide bonds. The van der Waals surface area contributed by atoms with Crippen LogP contribution in [0.3, 0.4) is 0 Å². The highest BCUT2D eigenvalue weighted by atomic mass is 28.6. The van der Waals surface area contributed by atoms with Crippen molar-refractivity contribution < 1.29 is 49.4 Å². The Kier molecular flexibility index (Phi) is 5.34. The molecule has 0 atom stereocenters. The Morgan fingerprint density at radius 3 is 1.06 bits per heavy atom. The van der Waals surface area contributed by atoms with Crippen molar-refractivity contribution in [1.82, 2.24) is 0 Å². The van der Waals surface area contributed by atoms with Crippen LogP contribution in [0.5, 0.6) is 0 Å². The zero-order chi connectivity index (χ0) is 21.2. The van der Waals surface area contributed by atoms with Gasteiger partial charge in [-0.15, -0.1) is 0 Å². The third-order valence-electron chi connectivity index (χ3n) is 4.56. The highest BCUT2D eigenvalue weighted by molar-refractivity contribution is 6.96. The Bertz CT molecular complexity index is 889. The molecule has 0 unspecified atom stereocenters. The zero-order valence-electron chi connectivity index (χ0n) is 15.7. The Hall–Kier alpha value is -0.305. The summed E-state index contributed by atoms with van der Waals surface area (Å²) in [7, 11) is -22.1. The van der Waals surface area contributed by atoms with Crippen LogP contribution in [0.1, 0.15) is 0 Å². The average Bonchev–Trinajstić information content (AvgIpc) is 2.71. The second-order valence-corrected chi connectivity index (χ2v) is 22.7. The van der Waals surface area contributed by atoms with Gasteiger partial charge in [0, 0.05) is 10.4 Å². The molecule has 20 heteroatoms. The molecule has 0 spiro atoms. The molecule has 0 aromatic heterocycles. The van der Waals surface area contributed by atoms with E-state index < -0.39 is 74.8 Å². The first kappa shape index (κ1) is 21.0. The van der Waals surface area contributed by atoms with E-state index in [4.69, 9.17) is 49.4 Å². The first-order chi connectivity index (χ1) is 15.7. The maximum absolute atomic E-state index is 6.44. The molecule has 32 heavy (non-hydrogen) atoms. The summed E-state index contributed by atoms with van der Waals surface area (Å²) in [6.45, 7) is 0. The lowest BCUT2D eigenvalue weighted by Gasteiger charge is -2.48. The van der Waals surface area contributed by atoms with Gasteiger partial charge in [0.05, 0.1) is 0 Å². The largest absolute Gasteiger partial charge is 0.554 e. The fourth-order valence-corrected chi connectivity index (χ4v) is 28.8. The van der Waals surface area contributed by atoms with Crippen molar-refractivity contribution in [3.63, 3.8) is 0 Å². The summed E-state index contributed by atoms with van der Waals surface area (Å²) in [4.78, 5) is 0. The number of hydrogen-bond donors (Lipinski definition) is 0. The Morgan fingerprint density at radius 2 is 0.688 bits per heavy atom. The van der Waals surface area contributed by atoms with E-state index in [0.29, 0.717) is 10.4 Å². The summed E-state index contributed by atoms with van der Waals surface area (Å²) in [5, 5.41) is 1.36. The van der Waals surface area contributed by atoms with Gasteiger partial charge in [0.15, 0.2) is 0 Å². The minimum atomic E-state index is -3.68. The molecule has 6 aliphatic heterocycles. The molecular formula is C12H10O12Si8. The lowest BCUT2D eigenvalue weighted by atomic mass is 10.4. The first-order valence-corrected chi connectivity index (χ1v) is 20.0. The van der Waals surface area contributed by atoms with Gasteiger partial charge in [-0.05, 0) is 0 Å². The molecule has 8 bridgehead atoms. The lowest BCUT2D eigenvalue weighted by Crippen LogP contribution is -2.79. The van der Waals surface area contributed by atoms with Crippen molar-refractivity contribution in [2.24, 2.45) is 0 Å². The molecule has 2 aromatic rings. The summed E-state index contributed by atoms with van der Waals surface area (Å²) in [6, 6.07) is 18.6. The van der Waals surface area contributed by atoms with Gasteiger partial charge in [0.25, 0.3) is 0 Å². The monoisotopic (exact) mass is 570 g/mol. The number of hydrogen-bond acceptors (Lipinski definition) is 12. The van der Waals surface area contributed by atoms with Crippen LogP contribution in [0, 0.1) is 0 Å². The lowest BCUT2D eigenvalue weighted by molar-refractivity contribution is 0.0292. The normalized spacial score (nSPS) is 34.8. The minimum Gasteiger partial charge on any atom is -0.369 e. The Morgan fingerprint density at radius 1 is 0.375 bits per heavy atom. The van der Waals surface area contributed by atoms with Crippen LogP contribution >= 0.6 is 0 Å². The summed E-state index contributed by atoms with van der Waals surface area (Å²) in [5.41, 5.74) is 0. The summed E-state index contributed by atoms with van der Waals surface area (Å²) in [6.07, 6.45) is 0. The van der Waals surface area contributed by atoms with Gasteiger partial charge in [-0.1, -0.05) is 60.7 Å². The summed E-state index contributed by atoms with van der Waals surface area (Å²) < 4.78 is 74.5. The van der Waals surface area contributed by atoms with Crippen LogP contribution in [0.4, 0.5) is 0 Å². The molecule has 162 valence electrons. The van der Waals surface area contributed by atoms with E-state index in [0.717, 1.165) is 0 Å². The molecule has 6 saturated heterocycles. The summed E-state index contributed by atoms with van der Waals surface area (Å²) >= 11 is 0. The fourth-order valence-electron chi connectivity index (χ4n) is 3.20. The SMILES string of the molecule is c1ccc([Si]23O[Si]4O[Si]5O[Si]6O[Si](O4)O[Si](O2)O[Si](c2ccccc2)(O6)O[Si](O5)O3)cc1. The van der Waals surface area contributed by atoms with Crippen LogP contribution in [-0.2, 0) is 49.4 Å². The standard InChI is InChI=1S/C12H10O12Si8/c1-3-7-11(8-4-1)31-19-27-13-25-15-28-16-26(14-27)18-30(22-31)24-32(20-28,23-29(17-25)21-31)12-9-5-2-6-10-12/h1-10H. The molecule has 6 heterocycles. The van der Waals surface area contributed by atoms with Gasteiger partial charge >= 0.3 is 74.8 Å². The molecule has 6 aliphatic rings. The molecule has 0 aliphatic carbocycles. The van der Waals surface area contributed by atoms with Gasteiger partial charge in [-0.2, -0.15) is 0 Å². The van der Waals surface area contributed by atoms with Gasteiger partial charge in [0.2, 0.25) is 0 Å². The molecule has 0 N–H and O–H groups in total. The van der Waals surface area contributed by atoms with Crippen LogP contribution in [0.2, 0.25) is 0 Å². The second-order valence-electron chi connectivity index (χ2n) is 6.57. The maximum atomic E-state index is 6.44. The Labute approximate surface area is 194 Å². The van der Waals surface area contributed by atoms with Crippen LogP contribution in [-0.4, -0.2) is 74.8 Å². The molecular weight excluding hydrogens is 561 g/mol. The predicted molar refractivity (Wildman–Crippen MR) is 111 cm³/mol. The molecule has 6 radical (unpaired) electrons. The second kappa shape index (κ2) is 8.13. The van der Waals surface area contributed by atoms with Gasteiger partial charge in [-0.3, -0.25) is 0 Å². The van der Waals surface area contributed by atoms with Crippen molar-refractivity contribution in [3.8, 4) is 0 Å². The van der Waals surface area contributed by atoms with E-state index in [1.165, 1.54) is 0 Å². The van der Waals surface area contributed by atoms with E-state index in [1.54, 1.807) is 0 Å². The van der Waals surface area contributed by atoms with Gasteiger partial charge < -0.3 is 49.4 Å². The van der Waals surface area contributed by atoms with E-state index in [9.17, 15) is 0 Å². The van der Waals surface area contributed by atoms with E-state index in [1.807, 2.05) is 60.7 Å². The van der Waals surface area contributed by atoms with Crippen molar-refractivity contribution in [1.29, 1.82) is 0 Å². The Balaban J connectivity index is 1.40. The maximum Gasteiger partial charge on any atom is 0.554 e. The van der Waals surface area contributed by atoms with Crippen molar-refractivity contribution in [2.75, 3.05) is 0 Å². The van der Waals surface area contributed by atoms with Crippen LogP contribution in [0.15, 0.2) is 60.7 Å². The van der Waals surface area contributed by atoms with E-state index in [-0.39, 0.29) is 0 Å². The van der Waals surface area contributed by atoms with Gasteiger partial charge in [-0.25, -0.2) is 0 Å². The molecule has 12 nitrogen and oxygen atoms in total.